The second kappa shape index (κ2) is 9.50. The van der Waals surface area contributed by atoms with Gasteiger partial charge in [0.15, 0.2) is 16.6 Å². The molecule has 0 unspecified atom stereocenters. The first kappa shape index (κ1) is 23.6. The highest BCUT2D eigenvalue weighted by Gasteiger charge is 2.45. The molecule has 0 bridgehead atoms. The van der Waals surface area contributed by atoms with Gasteiger partial charge in [0.05, 0.1) is 22.7 Å². The lowest BCUT2D eigenvalue weighted by Crippen LogP contribution is -2.50. The topological polar surface area (TPSA) is 98.8 Å². The van der Waals surface area contributed by atoms with Crippen molar-refractivity contribution in [2.75, 3.05) is 4.90 Å². The van der Waals surface area contributed by atoms with Gasteiger partial charge in [-0.1, -0.05) is 26.3 Å². The molecule has 0 saturated heterocycles. The molecule has 0 radical (unpaired) electrons. The zero-order valence-electron chi connectivity index (χ0n) is 20.0. The number of nitrogens with zero attached hydrogens (tertiary/aromatic N) is 6. The summed E-state index contributed by atoms with van der Waals surface area (Å²) in [7, 11) is 0. The van der Waals surface area contributed by atoms with E-state index in [1.807, 2.05) is 12.1 Å². The predicted octanol–water partition coefficient (Wildman–Crippen LogP) is 5.91. The Kier molecular flexibility index (Phi) is 6.41. The molecule has 0 spiro atoms. The lowest BCUT2D eigenvalue weighted by Gasteiger charge is -2.45. The highest BCUT2D eigenvalue weighted by Crippen LogP contribution is 2.46. The van der Waals surface area contributed by atoms with Crippen molar-refractivity contribution in [1.82, 2.24) is 20.2 Å². The van der Waals surface area contributed by atoms with Crippen LogP contribution in [-0.4, -0.2) is 43.5 Å². The Morgan fingerprint density at radius 1 is 1.23 bits per heavy atom. The average Bonchev–Trinajstić information content (AvgIpc) is 3.57. The first-order valence-electron chi connectivity index (χ1n) is 12.2. The van der Waals surface area contributed by atoms with Crippen molar-refractivity contribution in [3.63, 3.8) is 0 Å². The van der Waals surface area contributed by atoms with Gasteiger partial charge >= 0.3 is 0 Å². The number of nitriles is 1. The van der Waals surface area contributed by atoms with Crippen LogP contribution >= 0.6 is 11.3 Å². The van der Waals surface area contributed by atoms with Gasteiger partial charge in [0.25, 0.3) is 0 Å². The smallest absolute Gasteiger partial charge is 0.194 e. The minimum absolute atomic E-state index is 0.0226. The van der Waals surface area contributed by atoms with Crippen LogP contribution in [0, 0.1) is 16.7 Å². The zero-order chi connectivity index (χ0) is 24.6. The molecular weight excluding hydrogens is 463 g/mol. The SMILES string of the molecule is CCC[C@]1(C)CC[C@H](F)[C@H](N(c2cnc(-c3ccc(-c4cnc(C#N)s4)cc3O)nn2)C2CC2)C1. The lowest BCUT2D eigenvalue weighted by atomic mass is 9.70. The summed E-state index contributed by atoms with van der Waals surface area (Å²) in [6, 6.07) is 7.29. The Hall–Kier alpha value is -3.12. The minimum atomic E-state index is -0.883. The van der Waals surface area contributed by atoms with Crippen LogP contribution in [0.5, 0.6) is 5.75 Å². The molecule has 1 aromatic carbocycles. The molecular formula is C26H29FN6OS. The second-order valence-corrected chi connectivity index (χ2v) is 11.1. The van der Waals surface area contributed by atoms with Crippen molar-refractivity contribution in [3.8, 4) is 33.6 Å². The molecule has 2 aromatic heterocycles. The van der Waals surface area contributed by atoms with E-state index in [4.69, 9.17) is 5.26 Å². The molecule has 5 rings (SSSR count). The van der Waals surface area contributed by atoms with Crippen LogP contribution < -0.4 is 4.90 Å². The van der Waals surface area contributed by atoms with Gasteiger partial charge in [-0.15, -0.1) is 21.5 Å². The highest BCUT2D eigenvalue weighted by atomic mass is 32.1. The fraction of sp³-hybridized carbons (Fsp3) is 0.500. The summed E-state index contributed by atoms with van der Waals surface area (Å²) in [6.45, 7) is 4.48. The normalized spacial score (nSPS) is 24.2. The Balaban J connectivity index is 1.39. The van der Waals surface area contributed by atoms with E-state index >= 15 is 4.39 Å². The van der Waals surface area contributed by atoms with Crippen LogP contribution in [0.1, 0.15) is 63.8 Å². The van der Waals surface area contributed by atoms with Gasteiger partial charge in [0.1, 0.15) is 18.0 Å². The number of hydrogen-bond donors (Lipinski definition) is 1. The number of alkyl halides is 1. The van der Waals surface area contributed by atoms with Crippen molar-refractivity contribution >= 4 is 17.2 Å². The van der Waals surface area contributed by atoms with E-state index in [0.717, 1.165) is 49.0 Å². The Morgan fingerprint density at radius 3 is 2.69 bits per heavy atom. The van der Waals surface area contributed by atoms with Gasteiger partial charge in [-0.05, 0) is 61.6 Å². The highest BCUT2D eigenvalue weighted by molar-refractivity contribution is 7.15. The van der Waals surface area contributed by atoms with E-state index < -0.39 is 6.17 Å². The number of aromatic hydroxyl groups is 1. The number of aromatic nitrogens is 4. The van der Waals surface area contributed by atoms with Crippen LogP contribution in [-0.2, 0) is 0 Å². The summed E-state index contributed by atoms with van der Waals surface area (Å²) in [4.78, 5) is 11.5. The Bertz CT molecular complexity index is 1240. The molecule has 3 aromatic rings. The van der Waals surface area contributed by atoms with E-state index in [1.165, 1.54) is 11.3 Å². The first-order valence-corrected chi connectivity index (χ1v) is 13.0. The molecule has 2 aliphatic carbocycles. The minimum Gasteiger partial charge on any atom is -0.507 e. The molecule has 1 N–H and O–H groups in total. The number of anilines is 1. The van der Waals surface area contributed by atoms with Crippen LogP contribution in [0.2, 0.25) is 0 Å². The van der Waals surface area contributed by atoms with E-state index in [-0.39, 0.29) is 23.2 Å². The third kappa shape index (κ3) is 4.85. The zero-order valence-corrected chi connectivity index (χ0v) is 20.8. The standard InChI is InChI=1S/C26H29FN6OS/c1-3-9-26(2)10-8-19(27)20(12-26)33(17-5-6-17)23-15-30-25(32-31-23)18-7-4-16(11-21(18)34)22-14-29-24(13-28)35-22/h4,7,11,14-15,17,19-20,34H,3,5-6,8-10,12H2,1-2H3/t19-,20+,26+/m0/s1. The lowest BCUT2D eigenvalue weighted by molar-refractivity contribution is 0.0994. The van der Waals surface area contributed by atoms with Crippen molar-refractivity contribution in [2.45, 2.75) is 77.0 Å². The maximum atomic E-state index is 15.2. The number of thiazole rings is 1. The summed E-state index contributed by atoms with van der Waals surface area (Å²) in [6.07, 6.45) is 8.99. The van der Waals surface area contributed by atoms with Gasteiger partial charge in [0.2, 0.25) is 0 Å². The Morgan fingerprint density at radius 2 is 2.06 bits per heavy atom. The number of halogens is 1. The van der Waals surface area contributed by atoms with Crippen LogP contribution in [0.3, 0.4) is 0 Å². The number of rotatable bonds is 7. The van der Waals surface area contributed by atoms with Crippen molar-refractivity contribution in [2.24, 2.45) is 5.41 Å². The fourth-order valence-electron chi connectivity index (χ4n) is 5.34. The monoisotopic (exact) mass is 492 g/mol. The first-order chi connectivity index (χ1) is 16.9. The third-order valence-corrected chi connectivity index (χ3v) is 8.18. The molecule has 7 nitrogen and oxygen atoms in total. The number of phenols is 1. The van der Waals surface area contributed by atoms with Crippen LogP contribution in [0.25, 0.3) is 21.8 Å². The molecule has 2 saturated carbocycles. The van der Waals surface area contributed by atoms with Gasteiger partial charge in [-0.25, -0.2) is 14.4 Å². The van der Waals surface area contributed by atoms with E-state index in [9.17, 15) is 5.11 Å². The molecule has 35 heavy (non-hydrogen) atoms. The molecule has 0 aliphatic heterocycles. The van der Waals surface area contributed by atoms with Crippen LogP contribution in [0.4, 0.5) is 10.2 Å². The van der Waals surface area contributed by atoms with Gasteiger partial charge in [-0.3, -0.25) is 0 Å². The molecule has 2 fully saturated rings. The summed E-state index contributed by atoms with van der Waals surface area (Å²) < 4.78 is 15.2. The maximum absolute atomic E-state index is 15.2. The summed E-state index contributed by atoms with van der Waals surface area (Å²) in [5, 5.41) is 28.8. The Labute approximate surface area is 208 Å². The van der Waals surface area contributed by atoms with E-state index in [2.05, 4.69) is 38.9 Å². The van der Waals surface area contributed by atoms with Crippen molar-refractivity contribution < 1.29 is 9.50 Å². The summed E-state index contributed by atoms with van der Waals surface area (Å²) in [5.41, 5.74) is 1.37. The van der Waals surface area contributed by atoms with Gasteiger partial charge in [0, 0.05) is 12.2 Å². The second-order valence-electron chi connectivity index (χ2n) is 10.0. The number of phenolic OH excluding ortho intramolecular Hbond substituents is 1. The molecule has 182 valence electrons. The summed E-state index contributed by atoms with van der Waals surface area (Å²) in [5.74, 6) is 0.940. The number of hydrogen-bond acceptors (Lipinski definition) is 8. The average molecular weight is 493 g/mol. The van der Waals surface area contributed by atoms with Gasteiger partial charge < -0.3 is 10.0 Å². The largest absolute Gasteiger partial charge is 0.507 e. The number of benzene rings is 1. The van der Waals surface area contributed by atoms with E-state index in [1.54, 1.807) is 24.5 Å². The molecule has 2 heterocycles. The molecule has 9 heteroatoms. The maximum Gasteiger partial charge on any atom is 0.194 e. The molecule has 3 atom stereocenters. The fourth-order valence-corrected chi connectivity index (χ4v) is 6.05. The predicted molar refractivity (Wildman–Crippen MR) is 134 cm³/mol. The molecule has 2 aliphatic rings. The summed E-state index contributed by atoms with van der Waals surface area (Å²) >= 11 is 1.26. The van der Waals surface area contributed by atoms with E-state index in [0.29, 0.717) is 28.6 Å². The van der Waals surface area contributed by atoms with Gasteiger partial charge in [-0.2, -0.15) is 5.26 Å². The van der Waals surface area contributed by atoms with Crippen LogP contribution in [0.15, 0.2) is 30.6 Å². The van der Waals surface area contributed by atoms with Crippen molar-refractivity contribution in [3.05, 3.63) is 35.6 Å². The molecule has 0 amide bonds. The van der Waals surface area contributed by atoms with Crippen molar-refractivity contribution in [1.29, 1.82) is 5.26 Å². The quantitative estimate of drug-likeness (QED) is 0.438. The third-order valence-electron chi connectivity index (χ3n) is 7.23.